The average molecular weight is 305 g/mol. The maximum absolute atomic E-state index is 12.2. The van der Waals surface area contributed by atoms with Gasteiger partial charge in [0.05, 0.1) is 0 Å². The number of nitrogens with zero attached hydrogens (tertiary/aromatic N) is 1. The third-order valence-electron chi connectivity index (χ3n) is 4.66. The first-order chi connectivity index (χ1) is 10.1. The molecule has 3 rings (SSSR count). The zero-order valence-electron chi connectivity index (χ0n) is 12.6. The Labute approximate surface area is 129 Å². The maximum atomic E-state index is 12.2. The summed E-state index contributed by atoms with van der Waals surface area (Å²) in [5.74, 6) is 0.522. The first kappa shape index (κ1) is 14.6. The number of benzene rings is 1. The van der Waals surface area contributed by atoms with Crippen molar-refractivity contribution in [2.45, 2.75) is 32.6 Å². The Morgan fingerprint density at radius 1 is 1.29 bits per heavy atom. The smallest absolute Gasteiger partial charge is 0.256 e. The Hall–Kier alpha value is -1.32. The summed E-state index contributed by atoms with van der Waals surface area (Å²) < 4.78 is 0. The molecule has 112 valence electrons. The van der Waals surface area contributed by atoms with Crippen LogP contribution in [0.5, 0.6) is 0 Å². The van der Waals surface area contributed by atoms with Crippen molar-refractivity contribution in [3.8, 4) is 0 Å². The molecule has 0 bridgehead atoms. The molecule has 4 heteroatoms. The molecule has 1 N–H and O–H groups in total. The fraction of sp³-hybridized carbons (Fsp3) is 0.471. The first-order valence-electron chi connectivity index (χ1n) is 7.64. The number of hydrogen-bond acceptors (Lipinski definition) is 2. The molecule has 0 spiro atoms. The standard InChI is InChI=1S/C17H21ClN2O/c1-3-20-8-6-12(7-9-20)16-11(2)19-17(21)15-10-13(18)4-5-14(15)16/h4-5,10,12H,3,6-9H2,1-2H3,(H,19,21). The van der Waals surface area contributed by atoms with Gasteiger partial charge in [0, 0.05) is 16.1 Å². The first-order valence-corrected chi connectivity index (χ1v) is 8.02. The molecular weight excluding hydrogens is 284 g/mol. The van der Waals surface area contributed by atoms with E-state index in [1.807, 2.05) is 19.1 Å². The van der Waals surface area contributed by atoms with Gasteiger partial charge in [-0.15, -0.1) is 0 Å². The van der Waals surface area contributed by atoms with Crippen molar-refractivity contribution < 1.29 is 0 Å². The van der Waals surface area contributed by atoms with E-state index in [-0.39, 0.29) is 5.56 Å². The molecule has 1 aliphatic heterocycles. The van der Waals surface area contributed by atoms with Crippen LogP contribution in [0, 0.1) is 6.92 Å². The minimum atomic E-state index is -0.0419. The van der Waals surface area contributed by atoms with Gasteiger partial charge in [0.25, 0.3) is 5.56 Å². The summed E-state index contributed by atoms with van der Waals surface area (Å²) in [5.41, 5.74) is 2.27. The lowest BCUT2D eigenvalue weighted by molar-refractivity contribution is 0.222. The average Bonchev–Trinajstić information content (AvgIpc) is 2.48. The highest BCUT2D eigenvalue weighted by molar-refractivity contribution is 6.31. The van der Waals surface area contributed by atoms with Crippen LogP contribution in [0.4, 0.5) is 0 Å². The van der Waals surface area contributed by atoms with Crippen molar-refractivity contribution in [1.29, 1.82) is 0 Å². The van der Waals surface area contributed by atoms with Crippen LogP contribution in [0.2, 0.25) is 5.02 Å². The highest BCUT2D eigenvalue weighted by Gasteiger charge is 2.23. The maximum Gasteiger partial charge on any atom is 0.256 e. The number of rotatable bonds is 2. The van der Waals surface area contributed by atoms with Crippen LogP contribution in [0.15, 0.2) is 23.0 Å². The molecule has 3 nitrogen and oxygen atoms in total. The van der Waals surface area contributed by atoms with Gasteiger partial charge in [0.15, 0.2) is 0 Å². The number of piperidine rings is 1. The fourth-order valence-corrected chi connectivity index (χ4v) is 3.68. The van der Waals surface area contributed by atoms with Crippen LogP contribution >= 0.6 is 11.6 Å². The van der Waals surface area contributed by atoms with Gasteiger partial charge in [-0.25, -0.2) is 0 Å². The number of nitrogens with one attached hydrogen (secondary N) is 1. The highest BCUT2D eigenvalue weighted by atomic mass is 35.5. The minimum Gasteiger partial charge on any atom is -0.326 e. The number of halogens is 1. The second-order valence-electron chi connectivity index (χ2n) is 5.89. The molecule has 0 saturated carbocycles. The molecule has 1 saturated heterocycles. The van der Waals surface area contributed by atoms with Crippen LogP contribution < -0.4 is 5.56 Å². The highest BCUT2D eigenvalue weighted by Crippen LogP contribution is 2.34. The van der Waals surface area contributed by atoms with Gasteiger partial charge < -0.3 is 9.88 Å². The molecule has 0 atom stereocenters. The molecular formula is C17H21ClN2O. The van der Waals surface area contributed by atoms with Crippen LogP contribution in [0.1, 0.15) is 36.9 Å². The van der Waals surface area contributed by atoms with E-state index in [1.165, 1.54) is 5.56 Å². The number of pyridine rings is 1. The Morgan fingerprint density at radius 2 is 2.00 bits per heavy atom. The quantitative estimate of drug-likeness (QED) is 0.918. The molecule has 0 radical (unpaired) electrons. The molecule has 1 fully saturated rings. The number of H-pyrrole nitrogens is 1. The van der Waals surface area contributed by atoms with E-state index in [2.05, 4.69) is 16.8 Å². The van der Waals surface area contributed by atoms with Crippen molar-refractivity contribution in [3.05, 3.63) is 44.8 Å². The van der Waals surface area contributed by atoms with E-state index in [4.69, 9.17) is 11.6 Å². The van der Waals surface area contributed by atoms with Crippen molar-refractivity contribution in [3.63, 3.8) is 0 Å². The third kappa shape index (κ3) is 2.72. The van der Waals surface area contributed by atoms with Crippen LogP contribution in [0.3, 0.4) is 0 Å². The summed E-state index contributed by atoms with van der Waals surface area (Å²) in [4.78, 5) is 17.6. The topological polar surface area (TPSA) is 36.1 Å². The minimum absolute atomic E-state index is 0.0419. The second kappa shape index (κ2) is 5.82. The predicted octanol–water partition coefficient (Wildman–Crippen LogP) is 3.69. The molecule has 0 aliphatic carbocycles. The molecule has 1 aromatic carbocycles. The number of aryl methyl sites for hydroxylation is 1. The molecule has 0 unspecified atom stereocenters. The molecule has 1 aromatic heterocycles. The Kier molecular flexibility index (Phi) is 4.05. The van der Waals surface area contributed by atoms with E-state index in [0.717, 1.165) is 43.6 Å². The number of aromatic nitrogens is 1. The second-order valence-corrected chi connectivity index (χ2v) is 6.33. The monoisotopic (exact) mass is 304 g/mol. The summed E-state index contributed by atoms with van der Waals surface area (Å²) in [6.07, 6.45) is 2.30. The lowest BCUT2D eigenvalue weighted by atomic mass is 9.85. The summed E-state index contributed by atoms with van der Waals surface area (Å²) in [5, 5.41) is 2.39. The molecule has 2 heterocycles. The largest absolute Gasteiger partial charge is 0.326 e. The summed E-state index contributed by atoms with van der Waals surface area (Å²) in [6, 6.07) is 5.66. The van der Waals surface area contributed by atoms with E-state index in [9.17, 15) is 4.79 Å². The number of fused-ring (bicyclic) bond motifs is 1. The number of hydrogen-bond donors (Lipinski definition) is 1. The van der Waals surface area contributed by atoms with Gasteiger partial charge in [0.2, 0.25) is 0 Å². The zero-order chi connectivity index (χ0) is 15.0. The van der Waals surface area contributed by atoms with Crippen LogP contribution in [-0.4, -0.2) is 29.5 Å². The van der Waals surface area contributed by atoms with Crippen LogP contribution in [-0.2, 0) is 0 Å². The van der Waals surface area contributed by atoms with Gasteiger partial charge in [-0.3, -0.25) is 4.79 Å². The number of likely N-dealkylation sites (tertiary alicyclic amines) is 1. The van der Waals surface area contributed by atoms with Crippen molar-refractivity contribution in [2.75, 3.05) is 19.6 Å². The molecule has 0 amide bonds. The van der Waals surface area contributed by atoms with Crippen LogP contribution in [0.25, 0.3) is 10.8 Å². The predicted molar refractivity (Wildman–Crippen MR) is 88.4 cm³/mol. The SMILES string of the molecule is CCN1CCC(c2c(C)[nH]c(=O)c3cc(Cl)ccc23)CC1. The van der Waals surface area contributed by atoms with Gasteiger partial charge in [-0.05, 0) is 68.4 Å². The summed E-state index contributed by atoms with van der Waals surface area (Å²) in [6.45, 7) is 7.61. The molecule has 1 aliphatic rings. The Bertz CT molecular complexity index is 715. The Morgan fingerprint density at radius 3 is 2.67 bits per heavy atom. The van der Waals surface area contributed by atoms with E-state index >= 15 is 0 Å². The van der Waals surface area contributed by atoms with Crippen molar-refractivity contribution >= 4 is 22.4 Å². The van der Waals surface area contributed by atoms with Gasteiger partial charge in [-0.2, -0.15) is 0 Å². The van der Waals surface area contributed by atoms with Crippen molar-refractivity contribution in [1.82, 2.24) is 9.88 Å². The lowest BCUT2D eigenvalue weighted by Crippen LogP contribution is -2.33. The van der Waals surface area contributed by atoms with Crippen molar-refractivity contribution in [2.24, 2.45) is 0 Å². The van der Waals surface area contributed by atoms with Gasteiger partial charge in [0.1, 0.15) is 0 Å². The molecule has 2 aromatic rings. The molecule has 21 heavy (non-hydrogen) atoms. The number of aromatic amines is 1. The van der Waals surface area contributed by atoms with E-state index < -0.39 is 0 Å². The van der Waals surface area contributed by atoms with Gasteiger partial charge in [-0.1, -0.05) is 24.6 Å². The normalized spacial score (nSPS) is 17.5. The fourth-order valence-electron chi connectivity index (χ4n) is 3.51. The van der Waals surface area contributed by atoms with E-state index in [1.54, 1.807) is 6.07 Å². The summed E-state index contributed by atoms with van der Waals surface area (Å²) in [7, 11) is 0. The Balaban J connectivity index is 2.08. The summed E-state index contributed by atoms with van der Waals surface area (Å²) >= 11 is 6.05. The zero-order valence-corrected chi connectivity index (χ0v) is 13.3. The van der Waals surface area contributed by atoms with E-state index in [0.29, 0.717) is 16.3 Å². The lowest BCUT2D eigenvalue weighted by Gasteiger charge is -2.32. The van der Waals surface area contributed by atoms with Gasteiger partial charge >= 0.3 is 0 Å². The third-order valence-corrected chi connectivity index (χ3v) is 4.90.